The van der Waals surface area contributed by atoms with Crippen LogP contribution in [0.2, 0.25) is 0 Å². The minimum atomic E-state index is -0.247. The number of fused-ring (bicyclic) bond motifs is 1. The lowest BCUT2D eigenvalue weighted by molar-refractivity contribution is -0.426. The van der Waals surface area contributed by atoms with Crippen LogP contribution in [-0.4, -0.2) is 35.0 Å². The van der Waals surface area contributed by atoms with Gasteiger partial charge in [0.25, 0.3) is 0 Å². The Morgan fingerprint density at radius 1 is 1.22 bits per heavy atom. The summed E-state index contributed by atoms with van der Waals surface area (Å²) >= 11 is 4.29. The third-order valence-electron chi connectivity index (χ3n) is 3.31. The number of nitrogens with zero attached hydrogens (tertiary/aromatic N) is 1. The smallest absolute Gasteiger partial charge is 0.316 e. The Balaban J connectivity index is 1.57. The molecule has 2 N–H and O–H groups in total. The molecule has 0 saturated heterocycles. The molecule has 0 aliphatic heterocycles. The third-order valence-corrected chi connectivity index (χ3v) is 6.42. The van der Waals surface area contributed by atoms with Crippen LogP contribution < -0.4 is 10.3 Å². The molecule has 9 heteroatoms. The molecule has 6 nitrogen and oxygen atoms in total. The second kappa shape index (κ2) is 9.72. The first-order chi connectivity index (χ1) is 13.1. The van der Waals surface area contributed by atoms with Crippen LogP contribution in [0.5, 0.6) is 0 Å². The SMILES string of the molecule is CCOC(=O)CSc1nc2ccc(NC(=O)CSc3cccc[nH+]3)cc2s1. The standard InChI is InChI=1S/C18H17N3O3S3/c1-2-24-17(23)11-26-18-21-13-7-6-12(9-14(13)27-18)20-15(22)10-25-16-5-3-4-8-19-16/h3-9H,2,10-11H2,1H3,(H,20,22)/p+1. The minimum Gasteiger partial charge on any atom is -0.465 e. The van der Waals surface area contributed by atoms with Crippen molar-refractivity contribution in [2.24, 2.45) is 0 Å². The highest BCUT2D eigenvalue weighted by molar-refractivity contribution is 8.01. The van der Waals surface area contributed by atoms with Crippen LogP contribution in [-0.2, 0) is 14.3 Å². The number of hydrogen-bond acceptors (Lipinski definition) is 7. The Bertz CT molecular complexity index is 931. The summed E-state index contributed by atoms with van der Waals surface area (Å²) in [6.07, 6.45) is 1.83. The number of benzene rings is 1. The van der Waals surface area contributed by atoms with E-state index in [4.69, 9.17) is 4.74 Å². The monoisotopic (exact) mass is 420 g/mol. The maximum absolute atomic E-state index is 12.2. The largest absolute Gasteiger partial charge is 0.465 e. The number of carbonyl (C=O) groups is 2. The van der Waals surface area contributed by atoms with E-state index in [9.17, 15) is 9.59 Å². The van der Waals surface area contributed by atoms with Crippen molar-refractivity contribution in [2.45, 2.75) is 16.3 Å². The number of carbonyl (C=O) groups excluding carboxylic acids is 2. The molecule has 0 fully saturated rings. The van der Waals surface area contributed by atoms with Gasteiger partial charge in [0.15, 0.2) is 10.5 Å². The number of thiazole rings is 1. The summed E-state index contributed by atoms with van der Waals surface area (Å²) < 4.78 is 6.68. The number of pyridine rings is 1. The summed E-state index contributed by atoms with van der Waals surface area (Å²) in [4.78, 5) is 31.2. The predicted molar refractivity (Wildman–Crippen MR) is 109 cm³/mol. The second-order valence-corrected chi connectivity index (χ2v) is 8.59. The third kappa shape index (κ3) is 5.95. The molecule has 27 heavy (non-hydrogen) atoms. The van der Waals surface area contributed by atoms with E-state index in [0.717, 1.165) is 25.3 Å². The molecule has 0 aliphatic rings. The molecule has 0 saturated carbocycles. The number of ether oxygens (including phenoxy) is 1. The Morgan fingerprint density at radius 2 is 2.11 bits per heavy atom. The van der Waals surface area contributed by atoms with Gasteiger partial charge in [-0.2, -0.15) is 0 Å². The molecule has 140 valence electrons. The van der Waals surface area contributed by atoms with Crippen molar-refractivity contribution in [2.75, 3.05) is 23.4 Å². The fourth-order valence-electron chi connectivity index (χ4n) is 2.17. The fraction of sp³-hybridized carbons (Fsp3) is 0.222. The number of H-pyrrole nitrogens is 1. The number of rotatable bonds is 8. The van der Waals surface area contributed by atoms with E-state index < -0.39 is 0 Å². The van der Waals surface area contributed by atoms with Crippen LogP contribution in [0.3, 0.4) is 0 Å². The zero-order chi connectivity index (χ0) is 19.1. The van der Waals surface area contributed by atoms with Gasteiger partial charge < -0.3 is 10.1 Å². The van der Waals surface area contributed by atoms with Crippen LogP contribution in [0.1, 0.15) is 6.92 Å². The zero-order valence-electron chi connectivity index (χ0n) is 14.6. The minimum absolute atomic E-state index is 0.0713. The molecule has 0 spiro atoms. The van der Waals surface area contributed by atoms with Gasteiger partial charge in [-0.3, -0.25) is 9.59 Å². The topological polar surface area (TPSA) is 82.4 Å². The molecule has 0 aliphatic carbocycles. The Morgan fingerprint density at radius 3 is 2.89 bits per heavy atom. The maximum Gasteiger partial charge on any atom is 0.316 e. The number of aromatic amines is 1. The van der Waals surface area contributed by atoms with Crippen LogP contribution in [0.15, 0.2) is 52.0 Å². The first kappa shape index (κ1) is 19.7. The summed E-state index contributed by atoms with van der Waals surface area (Å²) in [5.74, 6) is 0.244. The molecule has 1 amide bonds. The highest BCUT2D eigenvalue weighted by Crippen LogP contribution is 2.31. The lowest BCUT2D eigenvalue weighted by Gasteiger charge is -2.03. The molecule has 3 aromatic rings. The highest BCUT2D eigenvalue weighted by Gasteiger charge is 2.11. The maximum atomic E-state index is 12.2. The van der Waals surface area contributed by atoms with Gasteiger partial charge in [0.2, 0.25) is 10.9 Å². The van der Waals surface area contributed by atoms with Crippen LogP contribution in [0, 0.1) is 0 Å². The molecule has 3 rings (SSSR count). The Labute approximate surface area is 169 Å². The second-order valence-electron chi connectivity index (χ2n) is 5.32. The van der Waals surface area contributed by atoms with Crippen LogP contribution >= 0.6 is 34.9 Å². The lowest BCUT2D eigenvalue weighted by Crippen LogP contribution is -2.15. The van der Waals surface area contributed by atoms with E-state index in [2.05, 4.69) is 15.3 Å². The first-order valence-electron chi connectivity index (χ1n) is 8.22. The van der Waals surface area contributed by atoms with Gasteiger partial charge in [-0.15, -0.1) is 11.3 Å². The van der Waals surface area contributed by atoms with Crippen molar-refractivity contribution in [1.29, 1.82) is 0 Å². The van der Waals surface area contributed by atoms with Crippen molar-refractivity contribution in [3.63, 3.8) is 0 Å². The number of thioether (sulfide) groups is 2. The summed E-state index contributed by atoms with van der Waals surface area (Å²) in [7, 11) is 0. The van der Waals surface area contributed by atoms with Gasteiger partial charge in [-0.1, -0.05) is 11.8 Å². The van der Waals surface area contributed by atoms with Crippen molar-refractivity contribution < 1.29 is 19.3 Å². The molecule has 2 aromatic heterocycles. The van der Waals surface area contributed by atoms with E-state index in [-0.39, 0.29) is 17.6 Å². The van der Waals surface area contributed by atoms with E-state index in [1.807, 2.05) is 42.6 Å². The molecule has 1 aromatic carbocycles. The molecular formula is C18H18N3O3S3+. The Hall–Kier alpha value is -2.10. The predicted octanol–water partition coefficient (Wildman–Crippen LogP) is 3.50. The van der Waals surface area contributed by atoms with E-state index in [0.29, 0.717) is 12.4 Å². The zero-order valence-corrected chi connectivity index (χ0v) is 17.0. The van der Waals surface area contributed by atoms with Gasteiger partial charge in [0.1, 0.15) is 0 Å². The van der Waals surface area contributed by atoms with E-state index >= 15 is 0 Å². The van der Waals surface area contributed by atoms with Crippen molar-refractivity contribution in [3.8, 4) is 0 Å². The molecule has 0 bridgehead atoms. The Kier molecular flexibility index (Phi) is 7.08. The van der Waals surface area contributed by atoms with E-state index in [1.54, 1.807) is 6.92 Å². The van der Waals surface area contributed by atoms with Gasteiger partial charge >= 0.3 is 5.97 Å². The number of anilines is 1. The van der Waals surface area contributed by atoms with Gasteiger partial charge in [-0.25, -0.2) is 9.97 Å². The van der Waals surface area contributed by atoms with Crippen molar-refractivity contribution in [1.82, 2.24) is 4.98 Å². The number of aromatic nitrogens is 2. The van der Waals surface area contributed by atoms with E-state index in [1.165, 1.54) is 34.9 Å². The number of hydrogen-bond donors (Lipinski definition) is 1. The summed E-state index contributed by atoms with van der Waals surface area (Å²) in [5, 5.41) is 3.84. The molecule has 0 atom stereocenters. The van der Waals surface area contributed by atoms with Gasteiger partial charge in [-0.05, 0) is 43.0 Å². The van der Waals surface area contributed by atoms with Crippen LogP contribution in [0.25, 0.3) is 10.2 Å². The average molecular weight is 421 g/mol. The van der Waals surface area contributed by atoms with Gasteiger partial charge in [0.05, 0.1) is 28.3 Å². The van der Waals surface area contributed by atoms with Crippen LogP contribution in [0.4, 0.5) is 5.69 Å². The molecular weight excluding hydrogens is 402 g/mol. The van der Waals surface area contributed by atoms with Crippen molar-refractivity contribution in [3.05, 3.63) is 42.6 Å². The van der Waals surface area contributed by atoms with Crippen molar-refractivity contribution >= 4 is 62.6 Å². The molecule has 0 radical (unpaired) electrons. The normalized spacial score (nSPS) is 10.7. The average Bonchev–Trinajstić information content (AvgIpc) is 3.08. The van der Waals surface area contributed by atoms with Gasteiger partial charge in [0, 0.05) is 17.8 Å². The summed E-state index contributed by atoms with van der Waals surface area (Å²) in [5.41, 5.74) is 1.58. The quantitative estimate of drug-likeness (QED) is 0.444. The number of esters is 1. The number of nitrogens with one attached hydrogen (secondary N) is 2. The summed E-state index contributed by atoms with van der Waals surface area (Å²) in [6, 6.07) is 11.3. The molecule has 2 heterocycles. The lowest BCUT2D eigenvalue weighted by atomic mass is 10.3. The highest BCUT2D eigenvalue weighted by atomic mass is 32.2. The summed E-state index contributed by atoms with van der Waals surface area (Å²) in [6.45, 7) is 2.16. The fourth-order valence-corrected chi connectivity index (χ4v) is 4.76. The molecule has 0 unspecified atom stereocenters. The first-order valence-corrected chi connectivity index (χ1v) is 11.0. The number of amides is 1.